The summed E-state index contributed by atoms with van der Waals surface area (Å²) in [6.45, 7) is 4.03. The summed E-state index contributed by atoms with van der Waals surface area (Å²) in [5.41, 5.74) is 1.01. The minimum absolute atomic E-state index is 0.723. The molecule has 18 heavy (non-hydrogen) atoms. The summed E-state index contributed by atoms with van der Waals surface area (Å²) in [7, 11) is 0. The van der Waals surface area contributed by atoms with Gasteiger partial charge < -0.3 is 0 Å². The van der Waals surface area contributed by atoms with Crippen molar-refractivity contribution in [3.05, 3.63) is 29.3 Å². The highest BCUT2D eigenvalue weighted by atomic mass is 35.5. The Kier molecular flexibility index (Phi) is 3.28. The van der Waals surface area contributed by atoms with E-state index in [1.807, 2.05) is 24.3 Å². The van der Waals surface area contributed by atoms with Crippen LogP contribution in [-0.4, -0.2) is 32.1 Å². The molecule has 0 saturated heterocycles. The highest BCUT2D eigenvalue weighted by Gasteiger charge is 2.21. The molecule has 0 spiro atoms. The Hall–Kier alpha value is -1.04. The topological polar surface area (TPSA) is 34.0 Å². The van der Waals surface area contributed by atoms with Gasteiger partial charge in [0, 0.05) is 10.6 Å². The Morgan fingerprint density at radius 1 is 1.39 bits per heavy atom. The van der Waals surface area contributed by atoms with Crippen molar-refractivity contribution in [2.75, 3.05) is 12.4 Å². The maximum Gasteiger partial charge on any atom is 0.193 e. The molecule has 2 aromatic rings. The number of rotatable bonds is 2. The lowest BCUT2D eigenvalue weighted by Gasteiger charge is -2.26. The second-order valence-electron chi connectivity index (χ2n) is 4.15. The van der Waals surface area contributed by atoms with Gasteiger partial charge in [-0.05, 0) is 18.7 Å². The van der Waals surface area contributed by atoms with E-state index in [9.17, 15) is 0 Å². The first-order chi connectivity index (χ1) is 8.78. The van der Waals surface area contributed by atoms with Crippen molar-refractivity contribution >= 4 is 23.4 Å². The molecule has 0 N–H and O–H groups in total. The summed E-state index contributed by atoms with van der Waals surface area (Å²) in [4.78, 5) is 2.34. The largest absolute Gasteiger partial charge is 0.288 e. The summed E-state index contributed by atoms with van der Waals surface area (Å²) < 4.78 is 2.14. The number of aromatic nitrogens is 3. The van der Waals surface area contributed by atoms with Crippen LogP contribution in [0.15, 0.2) is 29.4 Å². The zero-order chi connectivity index (χ0) is 12.5. The number of benzene rings is 1. The fourth-order valence-corrected chi connectivity index (χ4v) is 3.10. The van der Waals surface area contributed by atoms with Crippen molar-refractivity contribution in [3.63, 3.8) is 0 Å². The molecule has 0 radical (unpaired) electrons. The molecule has 1 aliphatic rings. The van der Waals surface area contributed by atoms with E-state index in [1.165, 1.54) is 0 Å². The van der Waals surface area contributed by atoms with Gasteiger partial charge in [0.2, 0.25) is 0 Å². The Morgan fingerprint density at radius 2 is 2.28 bits per heavy atom. The molecule has 2 heterocycles. The van der Waals surface area contributed by atoms with Gasteiger partial charge >= 0.3 is 0 Å². The Morgan fingerprint density at radius 3 is 3.06 bits per heavy atom. The minimum atomic E-state index is 0.723. The highest BCUT2D eigenvalue weighted by Crippen LogP contribution is 2.29. The third kappa shape index (κ3) is 2.13. The lowest BCUT2D eigenvalue weighted by atomic mass is 10.2. The van der Waals surface area contributed by atoms with Crippen molar-refractivity contribution in [2.45, 2.75) is 18.7 Å². The van der Waals surface area contributed by atoms with E-state index in [0.717, 1.165) is 40.7 Å². The molecule has 0 fully saturated rings. The lowest BCUT2D eigenvalue weighted by molar-refractivity contribution is 0.252. The van der Waals surface area contributed by atoms with Crippen LogP contribution >= 0.6 is 23.4 Å². The smallest absolute Gasteiger partial charge is 0.193 e. The Bertz CT molecular complexity index is 569. The molecule has 3 rings (SSSR count). The van der Waals surface area contributed by atoms with Crippen LogP contribution in [0.1, 0.15) is 6.92 Å². The van der Waals surface area contributed by atoms with Crippen LogP contribution in [0.5, 0.6) is 0 Å². The van der Waals surface area contributed by atoms with E-state index in [4.69, 9.17) is 11.6 Å². The van der Waals surface area contributed by atoms with E-state index >= 15 is 0 Å². The van der Waals surface area contributed by atoms with Gasteiger partial charge in [-0.3, -0.25) is 9.47 Å². The molecule has 1 aromatic heterocycles. The summed E-state index contributed by atoms with van der Waals surface area (Å²) >= 11 is 7.75. The average Bonchev–Trinajstić information content (AvgIpc) is 2.81. The van der Waals surface area contributed by atoms with Crippen LogP contribution < -0.4 is 0 Å². The zero-order valence-corrected chi connectivity index (χ0v) is 11.6. The molecule has 0 atom stereocenters. The van der Waals surface area contributed by atoms with Crippen LogP contribution in [0.25, 0.3) is 11.4 Å². The van der Waals surface area contributed by atoms with E-state index in [0.29, 0.717) is 0 Å². The van der Waals surface area contributed by atoms with E-state index in [1.54, 1.807) is 11.8 Å². The molecule has 0 unspecified atom stereocenters. The number of nitrogens with zero attached hydrogens (tertiary/aromatic N) is 4. The number of halogens is 1. The first-order valence-electron chi connectivity index (χ1n) is 5.82. The van der Waals surface area contributed by atoms with Gasteiger partial charge in [0.15, 0.2) is 11.0 Å². The zero-order valence-electron chi connectivity index (χ0n) is 10.0. The predicted octanol–water partition coefficient (Wildman–Crippen LogP) is 2.94. The molecule has 4 nitrogen and oxygen atoms in total. The van der Waals surface area contributed by atoms with Crippen LogP contribution in [0.3, 0.4) is 0 Å². The molecule has 0 aliphatic carbocycles. The summed E-state index contributed by atoms with van der Waals surface area (Å²) in [5.74, 6) is 1.86. The Balaban J connectivity index is 2.02. The lowest BCUT2D eigenvalue weighted by Crippen LogP contribution is -2.30. The van der Waals surface area contributed by atoms with Gasteiger partial charge in [0.25, 0.3) is 0 Å². The quantitative estimate of drug-likeness (QED) is 0.847. The van der Waals surface area contributed by atoms with Gasteiger partial charge in [0.05, 0.1) is 12.5 Å². The molecule has 94 valence electrons. The summed E-state index contributed by atoms with van der Waals surface area (Å²) in [6, 6.07) is 7.74. The van der Waals surface area contributed by atoms with Crippen molar-refractivity contribution < 1.29 is 0 Å². The predicted molar refractivity (Wildman–Crippen MR) is 73.6 cm³/mol. The fourth-order valence-electron chi connectivity index (χ4n) is 1.95. The maximum atomic E-state index is 6.03. The molecule has 0 bridgehead atoms. The van der Waals surface area contributed by atoms with E-state index < -0.39 is 0 Å². The molecule has 1 aliphatic heterocycles. The third-order valence-corrected chi connectivity index (χ3v) is 4.25. The number of hydrogen-bond acceptors (Lipinski definition) is 4. The standard InChI is InChI=1S/C12H13ClN4S/c1-2-16-7-17-11(14-15-12(17)18-8-16)9-4-3-5-10(13)6-9/h3-6H,2,7-8H2,1H3. The molecule has 0 saturated carbocycles. The molecular formula is C12H13ClN4S. The first kappa shape index (κ1) is 12.0. The van der Waals surface area contributed by atoms with Gasteiger partial charge in [0.1, 0.15) is 0 Å². The monoisotopic (exact) mass is 280 g/mol. The number of fused-ring (bicyclic) bond motifs is 1. The molecule has 0 amide bonds. The first-order valence-corrected chi connectivity index (χ1v) is 7.18. The van der Waals surface area contributed by atoms with Crippen LogP contribution in [0.4, 0.5) is 0 Å². The van der Waals surface area contributed by atoms with Gasteiger partial charge in [-0.15, -0.1) is 10.2 Å². The van der Waals surface area contributed by atoms with Gasteiger partial charge in [-0.25, -0.2) is 0 Å². The summed E-state index contributed by atoms with van der Waals surface area (Å²) in [5, 5.41) is 10.2. The van der Waals surface area contributed by atoms with Crippen LogP contribution in [0, 0.1) is 0 Å². The molecular weight excluding hydrogens is 268 g/mol. The minimum Gasteiger partial charge on any atom is -0.288 e. The summed E-state index contributed by atoms with van der Waals surface area (Å²) in [6.07, 6.45) is 0. The van der Waals surface area contributed by atoms with Crippen molar-refractivity contribution in [3.8, 4) is 11.4 Å². The second kappa shape index (κ2) is 4.91. The Labute approximate surface area is 115 Å². The molecule has 6 heteroatoms. The van der Waals surface area contributed by atoms with Crippen molar-refractivity contribution in [2.24, 2.45) is 0 Å². The van der Waals surface area contributed by atoms with E-state index in [2.05, 4.69) is 26.6 Å². The third-order valence-electron chi connectivity index (χ3n) is 2.96. The van der Waals surface area contributed by atoms with Crippen molar-refractivity contribution in [1.29, 1.82) is 0 Å². The maximum absolute atomic E-state index is 6.03. The van der Waals surface area contributed by atoms with Crippen molar-refractivity contribution in [1.82, 2.24) is 19.7 Å². The van der Waals surface area contributed by atoms with Gasteiger partial charge in [-0.1, -0.05) is 42.4 Å². The average molecular weight is 281 g/mol. The normalized spacial score (nSPS) is 15.7. The highest BCUT2D eigenvalue weighted by molar-refractivity contribution is 7.99. The van der Waals surface area contributed by atoms with Crippen LogP contribution in [-0.2, 0) is 6.67 Å². The fraction of sp³-hybridized carbons (Fsp3) is 0.333. The van der Waals surface area contributed by atoms with Gasteiger partial charge in [-0.2, -0.15) is 0 Å². The number of thioether (sulfide) groups is 1. The van der Waals surface area contributed by atoms with Crippen LogP contribution in [0.2, 0.25) is 5.02 Å². The van der Waals surface area contributed by atoms with E-state index in [-0.39, 0.29) is 0 Å². The second-order valence-corrected chi connectivity index (χ2v) is 5.49. The number of hydrogen-bond donors (Lipinski definition) is 0. The SMILES string of the molecule is CCN1CSc2nnc(-c3cccc(Cl)c3)n2C1. The molecule has 1 aromatic carbocycles.